The molecule has 0 heterocycles. The molecule has 0 aromatic heterocycles. The molecule has 0 aliphatic carbocycles. The van der Waals surface area contributed by atoms with Crippen molar-refractivity contribution in [2.45, 2.75) is 6.92 Å². The van der Waals surface area contributed by atoms with E-state index in [-0.39, 0.29) is 5.56 Å². The third-order valence-electron chi connectivity index (χ3n) is 1.51. The SMILES string of the molecule is Cc1c(I)cc(I)c(C#N)c1F. The zero-order valence-corrected chi connectivity index (χ0v) is 10.5. The maximum absolute atomic E-state index is 13.3. The summed E-state index contributed by atoms with van der Waals surface area (Å²) in [6.07, 6.45) is 0. The number of benzene rings is 1. The predicted octanol–water partition coefficient (Wildman–Crippen LogP) is 3.22. The summed E-state index contributed by atoms with van der Waals surface area (Å²) in [5, 5.41) is 8.62. The summed E-state index contributed by atoms with van der Waals surface area (Å²) in [4.78, 5) is 0. The van der Waals surface area contributed by atoms with Crippen molar-refractivity contribution in [3.63, 3.8) is 0 Å². The topological polar surface area (TPSA) is 23.8 Å². The Morgan fingerprint density at radius 2 is 2.00 bits per heavy atom. The molecular formula is C8H4FI2N. The molecule has 0 saturated carbocycles. The molecule has 0 bridgehead atoms. The van der Waals surface area contributed by atoms with Crippen LogP contribution in [0.25, 0.3) is 0 Å². The highest BCUT2D eigenvalue weighted by Crippen LogP contribution is 2.23. The van der Waals surface area contributed by atoms with E-state index in [1.165, 1.54) is 0 Å². The number of nitriles is 1. The molecular weight excluding hydrogens is 383 g/mol. The van der Waals surface area contributed by atoms with Crippen molar-refractivity contribution < 1.29 is 4.39 Å². The van der Waals surface area contributed by atoms with E-state index >= 15 is 0 Å². The second-order valence-corrected chi connectivity index (χ2v) is 4.59. The fourth-order valence-electron chi connectivity index (χ4n) is 0.791. The Morgan fingerprint density at radius 1 is 1.42 bits per heavy atom. The van der Waals surface area contributed by atoms with Crippen LogP contribution in [0.2, 0.25) is 0 Å². The van der Waals surface area contributed by atoms with Gasteiger partial charge in [0.15, 0.2) is 0 Å². The summed E-state index contributed by atoms with van der Waals surface area (Å²) < 4.78 is 14.8. The predicted molar refractivity (Wildman–Crippen MR) is 61.3 cm³/mol. The Balaban J connectivity index is 3.54. The first-order valence-corrected chi connectivity index (χ1v) is 5.28. The van der Waals surface area contributed by atoms with Crippen LogP contribution in [-0.2, 0) is 0 Å². The first kappa shape index (κ1) is 10.2. The van der Waals surface area contributed by atoms with Gasteiger partial charge in [0.2, 0.25) is 0 Å². The van der Waals surface area contributed by atoms with Gasteiger partial charge in [0.1, 0.15) is 17.4 Å². The Labute approximate surface area is 97.2 Å². The monoisotopic (exact) mass is 387 g/mol. The first-order chi connectivity index (χ1) is 5.57. The minimum Gasteiger partial charge on any atom is -0.205 e. The van der Waals surface area contributed by atoms with Crippen molar-refractivity contribution in [2.24, 2.45) is 0 Å². The molecule has 1 nitrogen and oxygen atoms in total. The molecule has 4 heteroatoms. The van der Waals surface area contributed by atoms with Crippen molar-refractivity contribution >= 4 is 45.2 Å². The number of rotatable bonds is 0. The van der Waals surface area contributed by atoms with E-state index < -0.39 is 5.82 Å². The molecule has 1 aromatic rings. The normalized spacial score (nSPS) is 9.58. The van der Waals surface area contributed by atoms with E-state index in [9.17, 15) is 4.39 Å². The molecule has 0 unspecified atom stereocenters. The average Bonchev–Trinajstić information content (AvgIpc) is 2.01. The van der Waals surface area contributed by atoms with Crippen molar-refractivity contribution in [3.8, 4) is 6.07 Å². The molecule has 0 spiro atoms. The zero-order valence-electron chi connectivity index (χ0n) is 6.16. The second-order valence-electron chi connectivity index (χ2n) is 2.27. The van der Waals surface area contributed by atoms with Crippen LogP contribution in [0.1, 0.15) is 11.1 Å². The van der Waals surface area contributed by atoms with E-state index in [4.69, 9.17) is 5.26 Å². The standard InChI is InChI=1S/C8H4FI2N/c1-4-6(10)2-7(11)5(3-12)8(4)9/h2H,1H3. The van der Waals surface area contributed by atoms with Gasteiger partial charge in [0.05, 0.1) is 0 Å². The number of hydrogen-bond donors (Lipinski definition) is 0. The van der Waals surface area contributed by atoms with Crippen LogP contribution in [0.15, 0.2) is 6.07 Å². The maximum atomic E-state index is 13.3. The van der Waals surface area contributed by atoms with Crippen LogP contribution in [0, 0.1) is 31.2 Å². The number of hydrogen-bond acceptors (Lipinski definition) is 1. The Morgan fingerprint density at radius 3 is 2.50 bits per heavy atom. The molecule has 0 radical (unpaired) electrons. The molecule has 0 saturated heterocycles. The summed E-state index contributed by atoms with van der Waals surface area (Å²) in [7, 11) is 0. The summed E-state index contributed by atoms with van der Waals surface area (Å²) in [6.45, 7) is 1.67. The lowest BCUT2D eigenvalue weighted by molar-refractivity contribution is 0.612. The highest BCUT2D eigenvalue weighted by molar-refractivity contribution is 14.1. The summed E-state index contributed by atoms with van der Waals surface area (Å²) in [6, 6.07) is 3.65. The minimum atomic E-state index is -0.395. The van der Waals surface area contributed by atoms with Crippen LogP contribution in [-0.4, -0.2) is 0 Å². The molecule has 0 N–H and O–H groups in total. The van der Waals surface area contributed by atoms with E-state index in [1.807, 2.05) is 28.7 Å². The van der Waals surface area contributed by atoms with E-state index in [1.54, 1.807) is 13.0 Å². The van der Waals surface area contributed by atoms with Crippen LogP contribution >= 0.6 is 45.2 Å². The van der Waals surface area contributed by atoms with Crippen molar-refractivity contribution in [2.75, 3.05) is 0 Å². The largest absolute Gasteiger partial charge is 0.205 e. The smallest absolute Gasteiger partial charge is 0.145 e. The molecule has 0 aliphatic heterocycles. The average molecular weight is 387 g/mol. The van der Waals surface area contributed by atoms with Gasteiger partial charge in [-0.2, -0.15) is 5.26 Å². The highest BCUT2D eigenvalue weighted by Gasteiger charge is 2.11. The van der Waals surface area contributed by atoms with Crippen LogP contribution in [0.3, 0.4) is 0 Å². The first-order valence-electron chi connectivity index (χ1n) is 3.12. The minimum absolute atomic E-state index is 0.147. The lowest BCUT2D eigenvalue weighted by Crippen LogP contribution is -1.95. The zero-order chi connectivity index (χ0) is 9.30. The van der Waals surface area contributed by atoms with Crippen LogP contribution in [0.4, 0.5) is 4.39 Å². The summed E-state index contributed by atoms with van der Waals surface area (Å²) in [5.41, 5.74) is 0.695. The van der Waals surface area contributed by atoms with Crippen molar-refractivity contribution in [1.82, 2.24) is 0 Å². The molecule has 62 valence electrons. The van der Waals surface area contributed by atoms with Gasteiger partial charge < -0.3 is 0 Å². The quantitative estimate of drug-likeness (QED) is 0.628. The van der Waals surface area contributed by atoms with Crippen molar-refractivity contribution in [3.05, 3.63) is 30.2 Å². The van der Waals surface area contributed by atoms with Gasteiger partial charge in [-0.3, -0.25) is 0 Å². The van der Waals surface area contributed by atoms with Gasteiger partial charge >= 0.3 is 0 Å². The lowest BCUT2D eigenvalue weighted by Gasteiger charge is -2.03. The maximum Gasteiger partial charge on any atom is 0.145 e. The lowest BCUT2D eigenvalue weighted by atomic mass is 10.1. The summed E-state index contributed by atoms with van der Waals surface area (Å²) in [5.74, 6) is -0.395. The Hall–Kier alpha value is 0.100. The van der Waals surface area contributed by atoms with Gasteiger partial charge in [0.25, 0.3) is 0 Å². The van der Waals surface area contributed by atoms with Crippen molar-refractivity contribution in [1.29, 1.82) is 5.26 Å². The highest BCUT2D eigenvalue weighted by atomic mass is 127. The molecule has 0 fully saturated rings. The van der Waals surface area contributed by atoms with Crippen LogP contribution < -0.4 is 0 Å². The van der Waals surface area contributed by atoms with E-state index in [0.717, 1.165) is 3.57 Å². The fraction of sp³-hybridized carbons (Fsp3) is 0.125. The van der Waals surface area contributed by atoms with Gasteiger partial charge in [0, 0.05) is 7.14 Å². The second kappa shape index (κ2) is 3.87. The molecule has 0 aliphatic rings. The van der Waals surface area contributed by atoms with Gasteiger partial charge in [-0.15, -0.1) is 0 Å². The van der Waals surface area contributed by atoms with Gasteiger partial charge in [-0.05, 0) is 63.7 Å². The molecule has 0 atom stereocenters. The summed E-state index contributed by atoms with van der Waals surface area (Å²) >= 11 is 4.02. The molecule has 1 aromatic carbocycles. The van der Waals surface area contributed by atoms with E-state index in [0.29, 0.717) is 9.13 Å². The Bertz CT molecular complexity index is 368. The van der Waals surface area contributed by atoms with Gasteiger partial charge in [-0.25, -0.2) is 4.39 Å². The number of nitrogens with zero attached hydrogens (tertiary/aromatic N) is 1. The van der Waals surface area contributed by atoms with E-state index in [2.05, 4.69) is 22.6 Å². The third kappa shape index (κ3) is 1.71. The molecule has 12 heavy (non-hydrogen) atoms. The Kier molecular flexibility index (Phi) is 3.29. The van der Waals surface area contributed by atoms with Crippen LogP contribution in [0.5, 0.6) is 0 Å². The number of halogens is 3. The fourth-order valence-corrected chi connectivity index (χ4v) is 2.60. The molecule has 1 rings (SSSR count). The third-order valence-corrected chi connectivity index (χ3v) is 3.48. The van der Waals surface area contributed by atoms with Gasteiger partial charge in [-0.1, -0.05) is 0 Å². The molecule has 0 amide bonds.